The molecule has 0 radical (unpaired) electrons. The van der Waals surface area contributed by atoms with Crippen LogP contribution in [0.3, 0.4) is 0 Å². The summed E-state index contributed by atoms with van der Waals surface area (Å²) in [4.78, 5) is 39.2. The summed E-state index contributed by atoms with van der Waals surface area (Å²) in [5.74, 6) is -0.827. The van der Waals surface area contributed by atoms with Crippen molar-refractivity contribution < 1.29 is 14.5 Å². The molecule has 1 aliphatic heterocycles. The number of thiophene rings is 1. The van der Waals surface area contributed by atoms with Crippen molar-refractivity contribution in [3.05, 3.63) is 90.6 Å². The van der Waals surface area contributed by atoms with E-state index in [0.29, 0.717) is 21.8 Å². The van der Waals surface area contributed by atoms with Gasteiger partial charge < -0.3 is 10.2 Å². The molecule has 1 unspecified atom stereocenters. The van der Waals surface area contributed by atoms with E-state index in [2.05, 4.69) is 5.32 Å². The third-order valence-corrected chi connectivity index (χ3v) is 6.09. The van der Waals surface area contributed by atoms with Gasteiger partial charge in [-0.3, -0.25) is 19.7 Å². The van der Waals surface area contributed by atoms with Gasteiger partial charge >= 0.3 is 0 Å². The second-order valence-electron chi connectivity index (χ2n) is 6.89. The van der Waals surface area contributed by atoms with Crippen LogP contribution in [0.4, 0.5) is 11.4 Å². The number of anilines is 1. The van der Waals surface area contributed by atoms with Crippen molar-refractivity contribution in [2.45, 2.75) is 13.0 Å². The standard InChI is InChI=1S/C21H16ClN3O4S/c1-12-4-5-13(9-17(12)25(28)29)21(27)24-11-19(26)23-16-7-6-14(22)10-15(16)20(24)18-3-2-8-30-18/h2-10,20H,11H2,1H3,(H,23,26). The van der Waals surface area contributed by atoms with Crippen molar-refractivity contribution in [3.8, 4) is 0 Å². The number of hydrogen-bond donors (Lipinski definition) is 1. The predicted octanol–water partition coefficient (Wildman–Crippen LogP) is 4.80. The average Bonchev–Trinajstić information content (AvgIpc) is 3.18. The molecule has 0 saturated heterocycles. The number of hydrogen-bond acceptors (Lipinski definition) is 5. The van der Waals surface area contributed by atoms with Gasteiger partial charge in [0.15, 0.2) is 0 Å². The number of nitrogens with zero attached hydrogens (tertiary/aromatic N) is 2. The fourth-order valence-corrected chi connectivity index (χ4v) is 4.56. The zero-order valence-corrected chi connectivity index (χ0v) is 17.4. The minimum atomic E-state index is -0.564. The van der Waals surface area contributed by atoms with Crippen LogP contribution in [0.25, 0.3) is 0 Å². The molecule has 3 aromatic rings. The Hall–Kier alpha value is -3.23. The average molecular weight is 442 g/mol. The molecular weight excluding hydrogens is 426 g/mol. The lowest BCUT2D eigenvalue weighted by Gasteiger charge is -2.29. The highest BCUT2D eigenvalue weighted by Crippen LogP contribution is 2.39. The Morgan fingerprint density at radius 3 is 2.77 bits per heavy atom. The minimum Gasteiger partial charge on any atom is -0.324 e. The van der Waals surface area contributed by atoms with Gasteiger partial charge in [0.05, 0.1) is 11.0 Å². The van der Waals surface area contributed by atoms with Crippen LogP contribution in [-0.2, 0) is 4.79 Å². The first-order chi connectivity index (χ1) is 14.3. The zero-order valence-electron chi connectivity index (χ0n) is 15.8. The zero-order chi connectivity index (χ0) is 21.4. The number of amides is 2. The van der Waals surface area contributed by atoms with Crippen LogP contribution in [0.5, 0.6) is 0 Å². The fraction of sp³-hybridized carbons (Fsp3) is 0.143. The third-order valence-electron chi connectivity index (χ3n) is 4.93. The van der Waals surface area contributed by atoms with E-state index in [-0.39, 0.29) is 23.7 Å². The van der Waals surface area contributed by atoms with Crippen molar-refractivity contribution >= 4 is 46.1 Å². The van der Waals surface area contributed by atoms with E-state index in [1.807, 2.05) is 17.5 Å². The number of nitro benzene ring substituents is 1. The first-order valence-corrected chi connectivity index (χ1v) is 10.3. The summed E-state index contributed by atoms with van der Waals surface area (Å²) in [6.07, 6.45) is 0. The Labute approximate surface area is 181 Å². The lowest BCUT2D eigenvalue weighted by atomic mass is 10.0. The number of aryl methyl sites for hydroxylation is 1. The Balaban J connectivity index is 1.86. The second-order valence-corrected chi connectivity index (χ2v) is 8.30. The molecule has 152 valence electrons. The maximum atomic E-state index is 13.5. The van der Waals surface area contributed by atoms with Gasteiger partial charge in [0.25, 0.3) is 11.6 Å². The number of benzene rings is 2. The third kappa shape index (κ3) is 3.67. The van der Waals surface area contributed by atoms with Crippen molar-refractivity contribution in [2.24, 2.45) is 0 Å². The highest BCUT2D eigenvalue weighted by atomic mass is 35.5. The second kappa shape index (κ2) is 7.89. The van der Waals surface area contributed by atoms with E-state index in [1.54, 1.807) is 25.1 Å². The van der Waals surface area contributed by atoms with Crippen LogP contribution >= 0.6 is 22.9 Å². The largest absolute Gasteiger partial charge is 0.324 e. The molecule has 9 heteroatoms. The van der Waals surface area contributed by atoms with Crippen LogP contribution in [0.2, 0.25) is 5.02 Å². The van der Waals surface area contributed by atoms with Gasteiger partial charge in [-0.25, -0.2) is 0 Å². The maximum Gasteiger partial charge on any atom is 0.273 e. The molecule has 30 heavy (non-hydrogen) atoms. The molecule has 2 heterocycles. The van der Waals surface area contributed by atoms with E-state index < -0.39 is 16.9 Å². The molecule has 1 atom stereocenters. The van der Waals surface area contributed by atoms with E-state index in [9.17, 15) is 19.7 Å². The monoisotopic (exact) mass is 441 g/mol. The minimum absolute atomic E-state index is 0.142. The Kier molecular flexibility index (Phi) is 5.27. The Morgan fingerprint density at radius 2 is 2.07 bits per heavy atom. The van der Waals surface area contributed by atoms with Crippen molar-refractivity contribution in [1.82, 2.24) is 4.90 Å². The summed E-state index contributed by atoms with van der Waals surface area (Å²) in [5, 5.41) is 16.5. The molecule has 2 amide bonds. The summed E-state index contributed by atoms with van der Waals surface area (Å²) in [6, 6.07) is 12.6. The molecule has 0 fully saturated rings. The quantitative estimate of drug-likeness (QED) is 0.466. The number of nitrogens with one attached hydrogen (secondary N) is 1. The Bertz CT molecular complexity index is 1160. The number of halogens is 1. The van der Waals surface area contributed by atoms with Crippen molar-refractivity contribution in [2.75, 3.05) is 11.9 Å². The lowest BCUT2D eigenvalue weighted by molar-refractivity contribution is -0.385. The molecule has 0 bridgehead atoms. The summed E-state index contributed by atoms with van der Waals surface area (Å²) >= 11 is 7.67. The SMILES string of the molecule is Cc1ccc(C(=O)N2CC(=O)Nc3ccc(Cl)cc3C2c2cccs2)cc1[N+](=O)[O-]. The molecule has 1 aliphatic rings. The van der Waals surface area contributed by atoms with Gasteiger partial charge in [0.1, 0.15) is 6.54 Å². The predicted molar refractivity (Wildman–Crippen MR) is 115 cm³/mol. The molecule has 0 aliphatic carbocycles. The molecule has 1 aromatic heterocycles. The Morgan fingerprint density at radius 1 is 1.27 bits per heavy atom. The summed E-state index contributed by atoms with van der Waals surface area (Å²) in [7, 11) is 0. The van der Waals surface area contributed by atoms with E-state index in [4.69, 9.17) is 11.6 Å². The van der Waals surface area contributed by atoms with E-state index in [1.165, 1.54) is 34.4 Å². The number of fused-ring (bicyclic) bond motifs is 1. The topological polar surface area (TPSA) is 92.6 Å². The van der Waals surface area contributed by atoms with Crippen LogP contribution in [-0.4, -0.2) is 28.2 Å². The molecule has 0 saturated carbocycles. The summed E-state index contributed by atoms with van der Waals surface area (Å²) in [5.41, 5.74) is 1.72. The highest BCUT2D eigenvalue weighted by molar-refractivity contribution is 7.10. The number of nitro groups is 1. The number of rotatable bonds is 3. The number of carbonyl (C=O) groups is 2. The molecule has 7 nitrogen and oxygen atoms in total. The van der Waals surface area contributed by atoms with Crippen LogP contribution in [0.1, 0.15) is 32.4 Å². The van der Waals surface area contributed by atoms with Crippen LogP contribution < -0.4 is 5.32 Å². The summed E-state index contributed by atoms with van der Waals surface area (Å²) < 4.78 is 0. The van der Waals surface area contributed by atoms with Gasteiger partial charge in [-0.1, -0.05) is 23.7 Å². The molecular formula is C21H16ClN3O4S. The molecule has 2 aromatic carbocycles. The van der Waals surface area contributed by atoms with Crippen molar-refractivity contribution in [3.63, 3.8) is 0 Å². The number of carbonyl (C=O) groups excluding carboxylic acids is 2. The molecule has 1 N–H and O–H groups in total. The van der Waals surface area contributed by atoms with E-state index in [0.717, 1.165) is 4.88 Å². The molecule has 0 spiro atoms. The van der Waals surface area contributed by atoms with Crippen molar-refractivity contribution in [1.29, 1.82) is 0 Å². The van der Waals surface area contributed by atoms with Crippen LogP contribution in [0.15, 0.2) is 53.9 Å². The first kappa shape index (κ1) is 20.1. The lowest BCUT2D eigenvalue weighted by Crippen LogP contribution is -2.38. The highest BCUT2D eigenvalue weighted by Gasteiger charge is 2.35. The van der Waals surface area contributed by atoms with Gasteiger partial charge in [-0.05, 0) is 42.6 Å². The van der Waals surface area contributed by atoms with Gasteiger partial charge in [-0.15, -0.1) is 11.3 Å². The van der Waals surface area contributed by atoms with Crippen LogP contribution in [0, 0.1) is 17.0 Å². The maximum absolute atomic E-state index is 13.5. The van der Waals surface area contributed by atoms with Gasteiger partial charge in [0, 0.05) is 38.3 Å². The molecule has 4 rings (SSSR count). The summed E-state index contributed by atoms with van der Waals surface area (Å²) in [6.45, 7) is 1.41. The van der Waals surface area contributed by atoms with Gasteiger partial charge in [0.2, 0.25) is 5.91 Å². The smallest absolute Gasteiger partial charge is 0.273 e. The normalized spacial score (nSPS) is 15.9. The first-order valence-electron chi connectivity index (χ1n) is 9.04. The fourth-order valence-electron chi connectivity index (χ4n) is 3.52. The van der Waals surface area contributed by atoms with Gasteiger partial charge in [-0.2, -0.15) is 0 Å². The van der Waals surface area contributed by atoms with E-state index >= 15 is 0 Å².